The van der Waals surface area contributed by atoms with Crippen molar-refractivity contribution in [2.24, 2.45) is 16.8 Å². The van der Waals surface area contributed by atoms with Crippen molar-refractivity contribution in [3.8, 4) is 0 Å². The summed E-state index contributed by atoms with van der Waals surface area (Å²) in [5, 5.41) is 20.5. The number of rotatable bonds is 2. The second kappa shape index (κ2) is 5.42. The Bertz CT molecular complexity index is 492. The van der Waals surface area contributed by atoms with Gasteiger partial charge in [-0.1, -0.05) is 12.1 Å². The quantitative estimate of drug-likeness (QED) is 0.365. The Morgan fingerprint density at radius 1 is 1.32 bits per heavy atom. The molecule has 1 saturated heterocycles. The lowest BCUT2D eigenvalue weighted by Crippen LogP contribution is -2.36. The summed E-state index contributed by atoms with van der Waals surface area (Å²) in [6, 6.07) is 0. The van der Waals surface area contributed by atoms with E-state index in [2.05, 4.69) is 27.2 Å². The highest BCUT2D eigenvalue weighted by molar-refractivity contribution is 6.02. The minimum atomic E-state index is 0.101. The van der Waals surface area contributed by atoms with Crippen LogP contribution < -0.4 is 10.6 Å². The maximum Gasteiger partial charge on any atom is 0.174 e. The van der Waals surface area contributed by atoms with Crippen LogP contribution in [0.2, 0.25) is 0 Å². The summed E-state index contributed by atoms with van der Waals surface area (Å²) in [6.45, 7) is 7.92. The van der Waals surface area contributed by atoms with Gasteiger partial charge in [0.25, 0.3) is 0 Å². The van der Waals surface area contributed by atoms with Crippen LogP contribution in [0.15, 0.2) is 5.16 Å². The minimum absolute atomic E-state index is 0.101. The Hall–Kier alpha value is -1.85. The number of aryl methyl sites for hydroxylation is 1. The summed E-state index contributed by atoms with van der Waals surface area (Å²) in [5.41, 5.74) is 8.22. The average Bonchev–Trinajstić information content (AvgIpc) is 2.42. The molecule has 1 aliphatic rings. The predicted octanol–water partition coefficient (Wildman–Crippen LogP) is 1.42. The molecule has 2 heterocycles. The Balaban J connectivity index is 2.42. The van der Waals surface area contributed by atoms with Crippen molar-refractivity contribution >= 4 is 11.7 Å². The van der Waals surface area contributed by atoms with E-state index in [1.807, 2.05) is 13.8 Å². The maximum atomic E-state index is 8.96. The van der Waals surface area contributed by atoms with Gasteiger partial charge in [-0.15, -0.1) is 5.10 Å². The third-order valence-electron chi connectivity index (χ3n) is 3.88. The van der Waals surface area contributed by atoms with Crippen molar-refractivity contribution in [3.63, 3.8) is 0 Å². The van der Waals surface area contributed by atoms with Crippen LogP contribution in [0.4, 0.5) is 5.82 Å². The molecule has 1 aromatic rings. The molecule has 6 heteroatoms. The molecule has 6 nitrogen and oxygen atoms in total. The smallest absolute Gasteiger partial charge is 0.174 e. The number of hydrogen-bond acceptors (Lipinski definition) is 5. The first-order chi connectivity index (χ1) is 9.04. The zero-order valence-electron chi connectivity index (χ0n) is 11.7. The number of hydrogen-bond donors (Lipinski definition) is 2. The average molecular weight is 263 g/mol. The third-order valence-corrected chi connectivity index (χ3v) is 3.88. The first kappa shape index (κ1) is 13.6. The predicted molar refractivity (Wildman–Crippen MR) is 74.6 cm³/mol. The molecule has 0 atom stereocenters. The van der Waals surface area contributed by atoms with E-state index < -0.39 is 0 Å². The van der Waals surface area contributed by atoms with Gasteiger partial charge in [0.05, 0.1) is 11.3 Å². The fourth-order valence-corrected chi connectivity index (χ4v) is 2.39. The van der Waals surface area contributed by atoms with Gasteiger partial charge in [0.1, 0.15) is 0 Å². The van der Waals surface area contributed by atoms with Crippen molar-refractivity contribution < 1.29 is 5.21 Å². The van der Waals surface area contributed by atoms with E-state index in [1.165, 1.54) is 0 Å². The van der Waals surface area contributed by atoms with E-state index in [1.54, 1.807) is 0 Å². The molecule has 0 radical (unpaired) electrons. The lowest BCUT2D eigenvalue weighted by Gasteiger charge is -2.32. The second-order valence-corrected chi connectivity index (χ2v) is 5.26. The number of aromatic nitrogens is 2. The van der Waals surface area contributed by atoms with Gasteiger partial charge in [0.15, 0.2) is 11.7 Å². The molecular weight excluding hydrogens is 242 g/mol. The standard InChI is InChI=1S/C13H21N5O/c1-8-4-6-18(7-5-8)13-11(12(14)17-19)9(2)10(3)15-16-13/h8,19H,4-7H2,1-3H3,(H2,14,17). The molecule has 1 aromatic heterocycles. The monoisotopic (exact) mass is 263 g/mol. The summed E-state index contributed by atoms with van der Waals surface area (Å²) in [4.78, 5) is 2.17. The summed E-state index contributed by atoms with van der Waals surface area (Å²) in [7, 11) is 0. The van der Waals surface area contributed by atoms with Crippen molar-refractivity contribution in [2.45, 2.75) is 33.6 Å². The van der Waals surface area contributed by atoms with Gasteiger partial charge in [0, 0.05) is 13.1 Å². The Morgan fingerprint density at radius 3 is 2.53 bits per heavy atom. The fraction of sp³-hybridized carbons (Fsp3) is 0.615. The Labute approximate surface area is 113 Å². The van der Waals surface area contributed by atoms with Gasteiger partial charge in [0.2, 0.25) is 0 Å². The second-order valence-electron chi connectivity index (χ2n) is 5.26. The van der Waals surface area contributed by atoms with Crippen molar-refractivity contribution in [3.05, 3.63) is 16.8 Å². The van der Waals surface area contributed by atoms with Crippen molar-refractivity contribution in [1.29, 1.82) is 0 Å². The van der Waals surface area contributed by atoms with Crippen LogP contribution in [-0.4, -0.2) is 34.3 Å². The lowest BCUT2D eigenvalue weighted by atomic mass is 9.98. The molecule has 3 N–H and O–H groups in total. The van der Waals surface area contributed by atoms with Crippen LogP contribution in [0, 0.1) is 19.8 Å². The van der Waals surface area contributed by atoms with E-state index >= 15 is 0 Å². The largest absolute Gasteiger partial charge is 0.409 e. The van der Waals surface area contributed by atoms with Crippen LogP contribution in [-0.2, 0) is 0 Å². The number of nitrogens with zero attached hydrogens (tertiary/aromatic N) is 4. The molecule has 104 valence electrons. The summed E-state index contributed by atoms with van der Waals surface area (Å²) in [6.07, 6.45) is 2.26. The van der Waals surface area contributed by atoms with Gasteiger partial charge in [-0.3, -0.25) is 0 Å². The van der Waals surface area contributed by atoms with E-state index in [0.717, 1.165) is 48.9 Å². The highest BCUT2D eigenvalue weighted by Gasteiger charge is 2.23. The Kier molecular flexibility index (Phi) is 3.87. The number of piperidine rings is 1. The first-order valence-electron chi connectivity index (χ1n) is 6.61. The highest BCUT2D eigenvalue weighted by Crippen LogP contribution is 2.26. The van der Waals surface area contributed by atoms with E-state index in [0.29, 0.717) is 5.56 Å². The van der Waals surface area contributed by atoms with E-state index in [9.17, 15) is 0 Å². The van der Waals surface area contributed by atoms with Gasteiger partial charge in [-0.05, 0) is 38.2 Å². The number of oxime groups is 1. The molecule has 0 aromatic carbocycles. The van der Waals surface area contributed by atoms with Gasteiger partial charge < -0.3 is 15.8 Å². The fourth-order valence-electron chi connectivity index (χ4n) is 2.39. The SMILES string of the molecule is Cc1nnc(N2CCC(C)CC2)c(/C(N)=N/O)c1C. The normalized spacial score (nSPS) is 17.8. The van der Waals surface area contributed by atoms with Crippen LogP contribution >= 0.6 is 0 Å². The van der Waals surface area contributed by atoms with Gasteiger partial charge >= 0.3 is 0 Å². The zero-order valence-corrected chi connectivity index (χ0v) is 11.7. The molecule has 2 rings (SSSR count). The first-order valence-corrected chi connectivity index (χ1v) is 6.61. The van der Waals surface area contributed by atoms with Crippen LogP contribution in [0.25, 0.3) is 0 Å². The molecule has 0 saturated carbocycles. The molecule has 0 aliphatic carbocycles. The molecule has 19 heavy (non-hydrogen) atoms. The van der Waals surface area contributed by atoms with Crippen LogP contribution in [0.3, 0.4) is 0 Å². The highest BCUT2D eigenvalue weighted by atomic mass is 16.4. The van der Waals surface area contributed by atoms with Crippen molar-refractivity contribution in [1.82, 2.24) is 10.2 Å². The molecule has 0 unspecified atom stereocenters. The van der Waals surface area contributed by atoms with Gasteiger partial charge in [-0.2, -0.15) is 5.10 Å². The molecule has 0 bridgehead atoms. The third kappa shape index (κ3) is 2.62. The molecule has 1 fully saturated rings. The lowest BCUT2D eigenvalue weighted by molar-refractivity contribution is 0.318. The topological polar surface area (TPSA) is 87.6 Å². The summed E-state index contributed by atoms with van der Waals surface area (Å²) < 4.78 is 0. The van der Waals surface area contributed by atoms with E-state index in [-0.39, 0.29) is 5.84 Å². The van der Waals surface area contributed by atoms with Crippen molar-refractivity contribution in [2.75, 3.05) is 18.0 Å². The van der Waals surface area contributed by atoms with Crippen LogP contribution in [0.5, 0.6) is 0 Å². The number of anilines is 1. The molecule has 0 spiro atoms. The van der Waals surface area contributed by atoms with E-state index in [4.69, 9.17) is 10.9 Å². The van der Waals surface area contributed by atoms with Crippen LogP contribution in [0.1, 0.15) is 36.6 Å². The summed E-state index contributed by atoms with van der Waals surface area (Å²) >= 11 is 0. The Morgan fingerprint density at radius 2 is 1.95 bits per heavy atom. The molecule has 0 amide bonds. The zero-order chi connectivity index (χ0) is 14.0. The minimum Gasteiger partial charge on any atom is -0.409 e. The number of amidine groups is 1. The number of nitrogens with two attached hydrogens (primary N) is 1. The molecular formula is C13H21N5O. The summed E-state index contributed by atoms with van der Waals surface area (Å²) in [5.74, 6) is 1.57. The maximum absolute atomic E-state index is 8.96. The molecule has 1 aliphatic heterocycles. The van der Waals surface area contributed by atoms with Gasteiger partial charge in [-0.25, -0.2) is 0 Å².